The van der Waals surface area contributed by atoms with Crippen molar-refractivity contribution in [1.82, 2.24) is 29.9 Å². The number of nitriles is 1. The predicted molar refractivity (Wildman–Crippen MR) is 91.4 cm³/mol. The van der Waals surface area contributed by atoms with E-state index in [9.17, 15) is 5.26 Å². The number of hydrogen-bond donors (Lipinski definition) is 1. The monoisotopic (exact) mass is 337 g/mol. The zero-order valence-electron chi connectivity index (χ0n) is 14.2. The van der Waals surface area contributed by atoms with E-state index in [4.69, 9.17) is 4.74 Å². The number of fused-ring (bicyclic) bond motifs is 1. The fraction of sp³-hybridized carbons (Fsp3) is 0.412. The molecule has 1 N–H and O–H groups in total. The Morgan fingerprint density at radius 2 is 2.16 bits per heavy atom. The lowest BCUT2D eigenvalue weighted by Gasteiger charge is -2.23. The molecule has 8 nitrogen and oxygen atoms in total. The maximum atomic E-state index is 9.23. The van der Waals surface area contributed by atoms with Gasteiger partial charge in [0.25, 0.3) is 0 Å². The molecule has 3 aromatic heterocycles. The number of nitrogens with one attached hydrogen (secondary N) is 1. The maximum Gasteiger partial charge on any atom is 0.146 e. The molecule has 0 unspecified atom stereocenters. The Morgan fingerprint density at radius 1 is 1.36 bits per heavy atom. The second-order valence-corrected chi connectivity index (χ2v) is 6.21. The summed E-state index contributed by atoms with van der Waals surface area (Å²) in [4.78, 5) is 0. The summed E-state index contributed by atoms with van der Waals surface area (Å²) < 4.78 is 9.17. The van der Waals surface area contributed by atoms with Crippen LogP contribution >= 0.6 is 0 Å². The molecule has 0 aliphatic carbocycles. The number of pyridine rings is 1. The topological polar surface area (TPSA) is 93.1 Å². The van der Waals surface area contributed by atoms with E-state index in [1.807, 2.05) is 23.9 Å². The zero-order chi connectivity index (χ0) is 17.4. The van der Waals surface area contributed by atoms with Crippen LogP contribution in [0.5, 0.6) is 5.75 Å². The van der Waals surface area contributed by atoms with Crippen molar-refractivity contribution in [3.05, 3.63) is 29.7 Å². The van der Waals surface area contributed by atoms with Crippen molar-refractivity contribution in [3.63, 3.8) is 0 Å². The molecule has 0 aromatic carbocycles. The summed E-state index contributed by atoms with van der Waals surface area (Å²) in [5.74, 6) is 0.599. The Balaban J connectivity index is 1.80. The number of aromatic nitrogens is 5. The average Bonchev–Trinajstić information content (AvgIpc) is 3.24. The second-order valence-electron chi connectivity index (χ2n) is 6.21. The minimum absolute atomic E-state index is 0.378. The number of piperidine rings is 1. The van der Waals surface area contributed by atoms with Crippen LogP contribution in [0.3, 0.4) is 0 Å². The molecule has 0 amide bonds. The summed E-state index contributed by atoms with van der Waals surface area (Å²) in [7, 11) is 1.59. The van der Waals surface area contributed by atoms with Crippen molar-refractivity contribution in [2.45, 2.75) is 25.8 Å². The molecular formula is C17H19N7O. The summed E-state index contributed by atoms with van der Waals surface area (Å²) in [6.45, 7) is 4.05. The fourth-order valence-corrected chi connectivity index (χ4v) is 3.46. The van der Waals surface area contributed by atoms with Crippen molar-refractivity contribution < 1.29 is 4.74 Å². The Bertz CT molecular complexity index is 959. The van der Waals surface area contributed by atoms with E-state index in [0.717, 1.165) is 42.9 Å². The van der Waals surface area contributed by atoms with Crippen LogP contribution in [0, 0.1) is 18.3 Å². The molecule has 1 saturated heterocycles. The number of rotatable bonds is 3. The molecule has 0 spiro atoms. The molecule has 0 radical (unpaired) electrons. The molecule has 128 valence electrons. The maximum absolute atomic E-state index is 9.23. The lowest BCUT2D eigenvalue weighted by molar-refractivity contribution is 0.333. The Morgan fingerprint density at radius 3 is 2.88 bits per heavy atom. The highest BCUT2D eigenvalue weighted by Crippen LogP contribution is 2.31. The van der Waals surface area contributed by atoms with E-state index in [0.29, 0.717) is 22.9 Å². The van der Waals surface area contributed by atoms with Crippen LogP contribution in [0.25, 0.3) is 16.8 Å². The van der Waals surface area contributed by atoms with Crippen LogP contribution in [-0.4, -0.2) is 44.8 Å². The van der Waals surface area contributed by atoms with Crippen molar-refractivity contribution in [2.24, 2.45) is 0 Å². The summed E-state index contributed by atoms with van der Waals surface area (Å²) >= 11 is 0. The molecule has 1 aliphatic heterocycles. The van der Waals surface area contributed by atoms with Gasteiger partial charge in [-0.25, -0.2) is 9.20 Å². The van der Waals surface area contributed by atoms with Gasteiger partial charge in [-0.1, -0.05) is 5.21 Å². The molecule has 25 heavy (non-hydrogen) atoms. The lowest BCUT2D eigenvalue weighted by atomic mass is 10.1. The minimum atomic E-state index is 0.378. The third-order valence-corrected chi connectivity index (χ3v) is 4.77. The number of nitrogens with zero attached hydrogens (tertiary/aromatic N) is 6. The highest BCUT2D eigenvalue weighted by Gasteiger charge is 2.21. The first-order valence-corrected chi connectivity index (χ1v) is 8.31. The van der Waals surface area contributed by atoms with E-state index in [2.05, 4.69) is 26.8 Å². The third kappa shape index (κ3) is 2.53. The Kier molecular flexibility index (Phi) is 3.86. The van der Waals surface area contributed by atoms with Crippen LogP contribution in [0.2, 0.25) is 0 Å². The summed E-state index contributed by atoms with van der Waals surface area (Å²) in [5, 5.41) is 25.7. The molecule has 8 heteroatoms. The van der Waals surface area contributed by atoms with Crippen LogP contribution in [0.4, 0.5) is 0 Å². The van der Waals surface area contributed by atoms with Gasteiger partial charge in [-0.3, -0.25) is 0 Å². The van der Waals surface area contributed by atoms with Crippen LogP contribution in [-0.2, 0) is 0 Å². The SMILES string of the molecule is COc1cc(-c2nnn(C3CCNCC3)c2C)cn2ncc(C#N)c12. The first-order valence-electron chi connectivity index (χ1n) is 8.31. The quantitative estimate of drug-likeness (QED) is 0.782. The van der Waals surface area contributed by atoms with Gasteiger partial charge < -0.3 is 10.1 Å². The van der Waals surface area contributed by atoms with Gasteiger partial charge in [-0.15, -0.1) is 5.10 Å². The summed E-state index contributed by atoms with van der Waals surface area (Å²) in [6.07, 6.45) is 5.51. The largest absolute Gasteiger partial charge is 0.494 e. The first kappa shape index (κ1) is 15.6. The molecule has 0 saturated carbocycles. The van der Waals surface area contributed by atoms with Gasteiger partial charge in [0.2, 0.25) is 0 Å². The van der Waals surface area contributed by atoms with E-state index in [1.165, 1.54) is 0 Å². The van der Waals surface area contributed by atoms with Gasteiger partial charge in [0.15, 0.2) is 0 Å². The molecule has 4 rings (SSSR count). The molecule has 0 atom stereocenters. The molecule has 1 aliphatic rings. The normalized spacial score (nSPS) is 15.4. The van der Waals surface area contributed by atoms with E-state index in [-0.39, 0.29) is 0 Å². The summed E-state index contributed by atoms with van der Waals surface area (Å²) in [5.41, 5.74) is 3.86. The van der Waals surface area contributed by atoms with Crippen LogP contribution < -0.4 is 10.1 Å². The molecule has 3 aromatic rings. The number of hydrogen-bond acceptors (Lipinski definition) is 6. The number of ether oxygens (including phenoxy) is 1. The predicted octanol–water partition coefficient (Wildman–Crippen LogP) is 1.71. The van der Waals surface area contributed by atoms with Crippen molar-refractivity contribution in [3.8, 4) is 23.1 Å². The molecular weight excluding hydrogens is 318 g/mol. The molecule has 4 heterocycles. The van der Waals surface area contributed by atoms with Crippen molar-refractivity contribution in [1.29, 1.82) is 5.26 Å². The van der Waals surface area contributed by atoms with Crippen LogP contribution in [0.15, 0.2) is 18.5 Å². The van der Waals surface area contributed by atoms with Gasteiger partial charge in [0, 0.05) is 11.8 Å². The van der Waals surface area contributed by atoms with Gasteiger partial charge in [0.1, 0.15) is 28.6 Å². The zero-order valence-corrected chi connectivity index (χ0v) is 14.2. The lowest BCUT2D eigenvalue weighted by Crippen LogP contribution is -2.30. The average molecular weight is 337 g/mol. The van der Waals surface area contributed by atoms with E-state index in [1.54, 1.807) is 17.8 Å². The highest BCUT2D eigenvalue weighted by atomic mass is 16.5. The first-order chi connectivity index (χ1) is 12.2. The van der Waals surface area contributed by atoms with Crippen molar-refractivity contribution in [2.75, 3.05) is 20.2 Å². The molecule has 1 fully saturated rings. The van der Waals surface area contributed by atoms with Gasteiger partial charge in [0.05, 0.1) is 25.0 Å². The highest BCUT2D eigenvalue weighted by molar-refractivity contribution is 5.74. The second kappa shape index (κ2) is 6.18. The van der Waals surface area contributed by atoms with Crippen molar-refractivity contribution >= 4 is 5.52 Å². The van der Waals surface area contributed by atoms with E-state index < -0.39 is 0 Å². The number of methoxy groups -OCH3 is 1. The fourth-order valence-electron chi connectivity index (χ4n) is 3.46. The van der Waals surface area contributed by atoms with E-state index >= 15 is 0 Å². The Hall–Kier alpha value is -2.92. The smallest absolute Gasteiger partial charge is 0.146 e. The summed E-state index contributed by atoms with van der Waals surface area (Å²) in [6, 6.07) is 4.41. The van der Waals surface area contributed by atoms with Gasteiger partial charge >= 0.3 is 0 Å². The van der Waals surface area contributed by atoms with Gasteiger partial charge in [-0.05, 0) is 38.9 Å². The standard InChI is InChI=1S/C17H19N7O/c1-11-16(21-22-24(11)14-3-5-19-6-4-14)12-7-15(25-2)17-13(8-18)9-20-23(17)10-12/h7,9-10,14,19H,3-6H2,1-2H3. The minimum Gasteiger partial charge on any atom is -0.494 e. The Labute approximate surface area is 145 Å². The van der Waals surface area contributed by atoms with Crippen LogP contribution in [0.1, 0.15) is 30.1 Å². The third-order valence-electron chi connectivity index (χ3n) is 4.77. The molecule has 0 bridgehead atoms. The van der Waals surface area contributed by atoms with Gasteiger partial charge in [-0.2, -0.15) is 10.4 Å².